The van der Waals surface area contributed by atoms with E-state index in [1.807, 2.05) is 13.1 Å². The van der Waals surface area contributed by atoms with E-state index < -0.39 is 21.8 Å². The van der Waals surface area contributed by atoms with Crippen LogP contribution in [0.1, 0.15) is 18.3 Å². The highest BCUT2D eigenvalue weighted by Crippen LogP contribution is 2.30. The number of aryl methyl sites for hydroxylation is 1. The molecule has 3 rings (SSSR count). The topological polar surface area (TPSA) is 58.4 Å². The number of piperazine rings is 1. The number of rotatable bonds is 6. The van der Waals surface area contributed by atoms with E-state index >= 15 is 0 Å². The van der Waals surface area contributed by atoms with Crippen molar-refractivity contribution in [2.24, 2.45) is 0 Å². The molecule has 6 nitrogen and oxygen atoms in total. The van der Waals surface area contributed by atoms with Crippen molar-refractivity contribution in [3.63, 3.8) is 0 Å². The first kappa shape index (κ1) is 20.8. The van der Waals surface area contributed by atoms with Crippen molar-refractivity contribution in [3.8, 4) is 0 Å². The Bertz CT molecular complexity index is 886. The van der Waals surface area contributed by atoms with Crippen molar-refractivity contribution in [1.29, 1.82) is 0 Å². The third-order valence-electron chi connectivity index (χ3n) is 4.93. The van der Waals surface area contributed by atoms with Crippen LogP contribution in [0.25, 0.3) is 0 Å². The van der Waals surface area contributed by atoms with Crippen LogP contribution in [-0.2, 0) is 29.2 Å². The summed E-state index contributed by atoms with van der Waals surface area (Å²) in [5.41, 5.74) is -0.859. The van der Waals surface area contributed by atoms with Crippen LogP contribution in [0.3, 0.4) is 0 Å². The third kappa shape index (κ3) is 4.56. The van der Waals surface area contributed by atoms with Crippen molar-refractivity contribution in [2.75, 3.05) is 32.7 Å². The lowest BCUT2D eigenvalue weighted by atomic mass is 10.2. The van der Waals surface area contributed by atoms with Crippen molar-refractivity contribution in [2.45, 2.75) is 31.0 Å². The molecule has 0 atom stereocenters. The van der Waals surface area contributed by atoms with Gasteiger partial charge in [-0.1, -0.05) is 6.92 Å². The van der Waals surface area contributed by atoms with E-state index in [1.165, 1.54) is 4.31 Å². The van der Waals surface area contributed by atoms with Gasteiger partial charge < -0.3 is 4.57 Å². The molecule has 0 spiro atoms. The summed E-state index contributed by atoms with van der Waals surface area (Å²) in [6.07, 6.45) is 0.0739. The van der Waals surface area contributed by atoms with E-state index in [-0.39, 0.29) is 4.90 Å². The van der Waals surface area contributed by atoms with Crippen LogP contribution in [0.4, 0.5) is 13.2 Å². The molecule has 1 aliphatic rings. The van der Waals surface area contributed by atoms with Gasteiger partial charge in [0.15, 0.2) is 0 Å². The maximum atomic E-state index is 12.7. The van der Waals surface area contributed by atoms with Crippen LogP contribution in [0, 0.1) is 0 Å². The first-order valence-electron chi connectivity index (χ1n) is 9.11. The molecule has 1 aliphatic heterocycles. The molecule has 1 aromatic heterocycles. The van der Waals surface area contributed by atoms with Gasteiger partial charge in [0, 0.05) is 58.1 Å². The van der Waals surface area contributed by atoms with Crippen LogP contribution in [0.5, 0.6) is 0 Å². The predicted octanol–water partition coefficient (Wildman–Crippen LogP) is 2.47. The third-order valence-corrected chi connectivity index (χ3v) is 6.84. The number of sulfonamides is 1. The first-order valence-corrected chi connectivity index (χ1v) is 10.6. The van der Waals surface area contributed by atoms with Gasteiger partial charge in [-0.25, -0.2) is 13.4 Å². The molecule has 0 bridgehead atoms. The van der Waals surface area contributed by atoms with Crippen molar-refractivity contribution in [1.82, 2.24) is 18.8 Å². The fraction of sp³-hybridized carbons (Fsp3) is 0.500. The zero-order chi connectivity index (χ0) is 20.4. The van der Waals surface area contributed by atoms with Gasteiger partial charge in [-0.3, -0.25) is 4.90 Å². The Labute approximate surface area is 162 Å². The minimum Gasteiger partial charge on any atom is -0.334 e. The second-order valence-electron chi connectivity index (χ2n) is 6.66. The average Bonchev–Trinajstić information content (AvgIpc) is 3.14. The molecule has 0 saturated carbocycles. The highest BCUT2D eigenvalue weighted by Gasteiger charge is 2.32. The van der Waals surface area contributed by atoms with E-state index in [2.05, 4.69) is 14.5 Å². The fourth-order valence-corrected chi connectivity index (χ4v) is 4.69. The van der Waals surface area contributed by atoms with Crippen LogP contribution in [-0.4, -0.2) is 59.9 Å². The zero-order valence-electron chi connectivity index (χ0n) is 15.6. The van der Waals surface area contributed by atoms with Gasteiger partial charge in [0.05, 0.1) is 10.5 Å². The Morgan fingerprint density at radius 3 is 2.25 bits per heavy atom. The van der Waals surface area contributed by atoms with E-state index in [4.69, 9.17) is 0 Å². The van der Waals surface area contributed by atoms with E-state index in [9.17, 15) is 21.6 Å². The summed E-state index contributed by atoms with van der Waals surface area (Å²) in [5, 5.41) is 0. The Balaban J connectivity index is 1.57. The second-order valence-corrected chi connectivity index (χ2v) is 8.60. The normalized spacial score (nSPS) is 17.1. The minimum absolute atomic E-state index is 0.111. The number of hydrogen-bond acceptors (Lipinski definition) is 4. The quantitative estimate of drug-likeness (QED) is 0.726. The van der Waals surface area contributed by atoms with E-state index in [0.717, 1.165) is 49.6 Å². The molecule has 1 aromatic carbocycles. The van der Waals surface area contributed by atoms with Gasteiger partial charge in [0.25, 0.3) is 0 Å². The van der Waals surface area contributed by atoms with Crippen LogP contribution < -0.4 is 0 Å². The standard InChI is InChI=1S/C18H23F3N4O2S/c1-2-17-22-7-8-24(17)12-9-23-10-13-25(14-11-23)28(26,27)16-5-3-15(4-6-16)18(19,20)21/h3-8H,2,9-14H2,1H3. The van der Waals surface area contributed by atoms with Crippen molar-refractivity contribution >= 4 is 10.0 Å². The molecule has 10 heteroatoms. The number of aromatic nitrogens is 2. The minimum atomic E-state index is -4.49. The molecule has 1 saturated heterocycles. The van der Waals surface area contributed by atoms with Gasteiger partial charge in [0.1, 0.15) is 5.82 Å². The molecular weight excluding hydrogens is 393 g/mol. The smallest absolute Gasteiger partial charge is 0.334 e. The Hall–Kier alpha value is -1.91. The number of imidazole rings is 1. The fourth-order valence-electron chi connectivity index (χ4n) is 3.27. The number of alkyl halides is 3. The summed E-state index contributed by atoms with van der Waals surface area (Å²) >= 11 is 0. The average molecular weight is 416 g/mol. The lowest BCUT2D eigenvalue weighted by Gasteiger charge is -2.34. The maximum absolute atomic E-state index is 12.7. The van der Waals surface area contributed by atoms with Gasteiger partial charge in [0.2, 0.25) is 10.0 Å². The number of nitrogens with zero attached hydrogens (tertiary/aromatic N) is 4. The molecule has 0 radical (unpaired) electrons. The van der Waals surface area contributed by atoms with Crippen LogP contribution in [0.15, 0.2) is 41.6 Å². The number of hydrogen-bond donors (Lipinski definition) is 0. The van der Waals surface area contributed by atoms with Gasteiger partial charge in [-0.15, -0.1) is 0 Å². The first-order chi connectivity index (χ1) is 13.2. The Kier molecular flexibility index (Phi) is 6.11. The highest BCUT2D eigenvalue weighted by molar-refractivity contribution is 7.89. The molecular formula is C18H23F3N4O2S. The molecule has 0 unspecified atom stereocenters. The molecule has 154 valence electrons. The molecule has 2 aromatic rings. The van der Waals surface area contributed by atoms with Crippen molar-refractivity contribution in [3.05, 3.63) is 48.0 Å². The number of benzene rings is 1. The van der Waals surface area contributed by atoms with Gasteiger partial charge in [-0.05, 0) is 24.3 Å². The Morgan fingerprint density at radius 2 is 1.68 bits per heavy atom. The Morgan fingerprint density at radius 1 is 1.04 bits per heavy atom. The van der Waals surface area contributed by atoms with Crippen LogP contribution in [0.2, 0.25) is 0 Å². The monoisotopic (exact) mass is 416 g/mol. The molecule has 2 heterocycles. The summed E-state index contributed by atoms with van der Waals surface area (Å²) in [6, 6.07) is 3.66. The summed E-state index contributed by atoms with van der Waals surface area (Å²) < 4.78 is 66.8. The van der Waals surface area contributed by atoms with Crippen LogP contribution >= 0.6 is 0 Å². The summed E-state index contributed by atoms with van der Waals surface area (Å²) in [5.74, 6) is 1.02. The zero-order valence-corrected chi connectivity index (χ0v) is 16.4. The molecule has 1 fully saturated rings. The summed E-state index contributed by atoms with van der Waals surface area (Å²) in [4.78, 5) is 6.35. The molecule has 28 heavy (non-hydrogen) atoms. The number of halogens is 3. The lowest BCUT2D eigenvalue weighted by molar-refractivity contribution is -0.137. The van der Waals surface area contributed by atoms with Crippen molar-refractivity contribution < 1.29 is 21.6 Å². The van der Waals surface area contributed by atoms with E-state index in [1.54, 1.807) is 6.20 Å². The molecule has 0 aliphatic carbocycles. The highest BCUT2D eigenvalue weighted by atomic mass is 32.2. The predicted molar refractivity (Wildman–Crippen MR) is 98.2 cm³/mol. The lowest BCUT2D eigenvalue weighted by Crippen LogP contribution is -2.49. The second kappa shape index (κ2) is 8.22. The van der Waals surface area contributed by atoms with Gasteiger partial charge in [-0.2, -0.15) is 17.5 Å². The van der Waals surface area contributed by atoms with Gasteiger partial charge >= 0.3 is 6.18 Å². The largest absolute Gasteiger partial charge is 0.416 e. The van der Waals surface area contributed by atoms with E-state index in [0.29, 0.717) is 26.2 Å². The summed E-state index contributed by atoms with van der Waals surface area (Å²) in [7, 11) is -3.79. The maximum Gasteiger partial charge on any atom is 0.416 e. The summed E-state index contributed by atoms with van der Waals surface area (Å²) in [6.45, 7) is 5.41. The SMILES string of the molecule is CCc1nccn1CCN1CCN(S(=O)(=O)c2ccc(C(F)(F)F)cc2)CC1. The molecule has 0 N–H and O–H groups in total. The molecule has 0 amide bonds.